The van der Waals surface area contributed by atoms with Crippen molar-refractivity contribution >= 4 is 5.97 Å². The summed E-state index contributed by atoms with van der Waals surface area (Å²) in [6.45, 7) is 3.52. The first kappa shape index (κ1) is 6.08. The summed E-state index contributed by atoms with van der Waals surface area (Å²) in [5, 5.41) is 0. The first-order valence-corrected chi connectivity index (χ1v) is 2.82. The fourth-order valence-corrected chi connectivity index (χ4v) is 0.721. The summed E-state index contributed by atoms with van der Waals surface area (Å²) >= 11 is 0. The number of carbonyl (C=O) groups is 1. The summed E-state index contributed by atoms with van der Waals surface area (Å²) in [7, 11) is 0. The van der Waals surface area contributed by atoms with Gasteiger partial charge in [0.25, 0.3) is 0 Å². The Morgan fingerprint density at radius 2 is 2.67 bits per heavy atom. The fourth-order valence-electron chi connectivity index (χ4n) is 0.721. The lowest BCUT2D eigenvalue weighted by Crippen LogP contribution is -2.05. The van der Waals surface area contributed by atoms with Gasteiger partial charge in [0, 0.05) is 0 Å². The molecule has 1 heterocycles. The molecule has 0 N–H and O–H groups in total. The van der Waals surface area contributed by atoms with Crippen LogP contribution in [-0.4, -0.2) is 5.97 Å². The van der Waals surface area contributed by atoms with Gasteiger partial charge in [-0.15, -0.1) is 6.58 Å². The summed E-state index contributed by atoms with van der Waals surface area (Å²) in [5.74, 6) is -0.252. The lowest BCUT2D eigenvalue weighted by atomic mass is 10.1. The van der Waals surface area contributed by atoms with Crippen molar-refractivity contribution in [1.82, 2.24) is 0 Å². The van der Waals surface area contributed by atoms with Gasteiger partial charge in [-0.05, 0) is 12.5 Å². The molecule has 0 spiro atoms. The van der Waals surface area contributed by atoms with E-state index in [4.69, 9.17) is 0 Å². The second-order valence-electron chi connectivity index (χ2n) is 1.90. The summed E-state index contributed by atoms with van der Waals surface area (Å²) in [4.78, 5) is 10.6. The van der Waals surface area contributed by atoms with E-state index in [-0.39, 0.29) is 11.9 Å². The molecule has 2 heteroatoms. The summed E-state index contributed by atoms with van der Waals surface area (Å²) < 4.78 is 4.55. The molecule has 9 heavy (non-hydrogen) atoms. The monoisotopic (exact) mass is 124 g/mol. The molecule has 0 radical (unpaired) electrons. The maximum Gasteiger partial charge on any atom is 0.318 e. The molecule has 1 atom stereocenters. The Kier molecular flexibility index (Phi) is 1.68. The number of hydrogen-bond donors (Lipinski definition) is 0. The Morgan fingerprint density at radius 3 is 3.11 bits per heavy atom. The second kappa shape index (κ2) is 2.49. The molecule has 2 nitrogen and oxygen atoms in total. The van der Waals surface area contributed by atoms with E-state index in [1.165, 1.54) is 6.26 Å². The molecule has 0 aromatic heterocycles. The van der Waals surface area contributed by atoms with Gasteiger partial charge in [0.1, 0.15) is 0 Å². The number of rotatable bonds is 2. The third kappa shape index (κ3) is 1.19. The molecule has 0 bridgehead atoms. The van der Waals surface area contributed by atoms with Crippen molar-refractivity contribution < 1.29 is 9.53 Å². The lowest BCUT2D eigenvalue weighted by Gasteiger charge is -1.96. The number of hydrogen-bond acceptors (Lipinski definition) is 2. The summed E-state index contributed by atoms with van der Waals surface area (Å²) in [6.07, 6.45) is 5.55. The fraction of sp³-hybridized carbons (Fsp3) is 0.286. The van der Waals surface area contributed by atoms with E-state index in [0.29, 0.717) is 6.42 Å². The minimum Gasteiger partial charge on any atom is -0.434 e. The van der Waals surface area contributed by atoms with Crippen LogP contribution >= 0.6 is 0 Å². The highest BCUT2D eigenvalue weighted by Crippen LogP contribution is 2.13. The van der Waals surface area contributed by atoms with E-state index in [9.17, 15) is 4.79 Å². The molecule has 1 rings (SSSR count). The Bertz CT molecular complexity index is 158. The van der Waals surface area contributed by atoms with Crippen molar-refractivity contribution in [3.05, 3.63) is 25.0 Å². The van der Waals surface area contributed by atoms with Gasteiger partial charge < -0.3 is 4.74 Å². The zero-order valence-electron chi connectivity index (χ0n) is 5.04. The maximum absolute atomic E-state index is 10.6. The van der Waals surface area contributed by atoms with Crippen LogP contribution in [0.15, 0.2) is 25.0 Å². The van der Waals surface area contributed by atoms with E-state index < -0.39 is 0 Å². The van der Waals surface area contributed by atoms with Crippen LogP contribution in [0.3, 0.4) is 0 Å². The summed E-state index contributed by atoms with van der Waals surface area (Å²) in [6, 6.07) is 0. The predicted molar refractivity (Wildman–Crippen MR) is 33.5 cm³/mol. The van der Waals surface area contributed by atoms with Crippen molar-refractivity contribution in [2.24, 2.45) is 5.92 Å². The van der Waals surface area contributed by atoms with Crippen LogP contribution < -0.4 is 0 Å². The Hall–Kier alpha value is -1.05. The van der Waals surface area contributed by atoms with Crippen LogP contribution in [0, 0.1) is 5.92 Å². The van der Waals surface area contributed by atoms with Crippen LogP contribution in [0.4, 0.5) is 0 Å². The molecule has 0 aromatic carbocycles. The molecule has 0 fully saturated rings. The van der Waals surface area contributed by atoms with Crippen LogP contribution in [0.2, 0.25) is 0 Å². The SMILES string of the molecule is C=CCC1C=COC1=O. The average molecular weight is 124 g/mol. The molecule has 0 aliphatic carbocycles. The Morgan fingerprint density at radius 1 is 1.89 bits per heavy atom. The Balaban J connectivity index is 2.48. The third-order valence-electron chi connectivity index (χ3n) is 1.22. The number of carbonyl (C=O) groups excluding carboxylic acids is 1. The van der Waals surface area contributed by atoms with Gasteiger partial charge >= 0.3 is 5.97 Å². The number of esters is 1. The maximum atomic E-state index is 10.6. The second-order valence-corrected chi connectivity index (χ2v) is 1.90. The van der Waals surface area contributed by atoms with Crippen LogP contribution in [-0.2, 0) is 9.53 Å². The zero-order chi connectivity index (χ0) is 6.69. The number of ether oxygens (including phenoxy) is 1. The largest absolute Gasteiger partial charge is 0.434 e. The number of allylic oxidation sites excluding steroid dienone is 1. The minimum absolute atomic E-state index is 0.0810. The standard InChI is InChI=1S/C7H8O2/c1-2-3-6-4-5-9-7(6)8/h2,4-6H,1,3H2. The molecule has 0 saturated heterocycles. The first-order chi connectivity index (χ1) is 4.34. The van der Waals surface area contributed by atoms with Gasteiger partial charge in [0.15, 0.2) is 0 Å². The summed E-state index contributed by atoms with van der Waals surface area (Å²) in [5.41, 5.74) is 0. The van der Waals surface area contributed by atoms with E-state index in [2.05, 4.69) is 11.3 Å². The van der Waals surface area contributed by atoms with E-state index in [1.54, 1.807) is 12.2 Å². The minimum atomic E-state index is -0.171. The smallest absolute Gasteiger partial charge is 0.318 e. The van der Waals surface area contributed by atoms with Crippen molar-refractivity contribution in [1.29, 1.82) is 0 Å². The number of cyclic esters (lactones) is 1. The Labute approximate surface area is 53.8 Å². The third-order valence-corrected chi connectivity index (χ3v) is 1.22. The van der Waals surface area contributed by atoms with Gasteiger partial charge in [-0.2, -0.15) is 0 Å². The normalized spacial score (nSPS) is 24.0. The van der Waals surface area contributed by atoms with E-state index in [1.807, 2.05) is 0 Å². The molecule has 1 aliphatic rings. The highest BCUT2D eigenvalue weighted by Gasteiger charge is 2.18. The van der Waals surface area contributed by atoms with Crippen molar-refractivity contribution in [2.75, 3.05) is 0 Å². The molecular weight excluding hydrogens is 116 g/mol. The predicted octanol–water partition coefficient (Wildman–Crippen LogP) is 1.25. The molecule has 0 aromatic rings. The zero-order valence-corrected chi connectivity index (χ0v) is 5.04. The molecule has 0 amide bonds. The highest BCUT2D eigenvalue weighted by molar-refractivity contribution is 5.77. The van der Waals surface area contributed by atoms with E-state index >= 15 is 0 Å². The quantitative estimate of drug-likeness (QED) is 0.409. The van der Waals surface area contributed by atoms with Crippen molar-refractivity contribution in [3.63, 3.8) is 0 Å². The van der Waals surface area contributed by atoms with Crippen molar-refractivity contribution in [2.45, 2.75) is 6.42 Å². The molecular formula is C7H8O2. The molecule has 0 saturated carbocycles. The highest BCUT2D eigenvalue weighted by atomic mass is 16.5. The molecule has 1 unspecified atom stereocenters. The van der Waals surface area contributed by atoms with Gasteiger partial charge in [-0.25, -0.2) is 0 Å². The van der Waals surface area contributed by atoms with Gasteiger partial charge in [0.05, 0.1) is 12.2 Å². The van der Waals surface area contributed by atoms with Gasteiger partial charge in [-0.3, -0.25) is 4.79 Å². The molecule has 1 aliphatic heterocycles. The lowest BCUT2D eigenvalue weighted by molar-refractivity contribution is -0.138. The van der Waals surface area contributed by atoms with Crippen LogP contribution in [0.1, 0.15) is 6.42 Å². The van der Waals surface area contributed by atoms with Crippen LogP contribution in [0.5, 0.6) is 0 Å². The van der Waals surface area contributed by atoms with Crippen LogP contribution in [0.25, 0.3) is 0 Å². The van der Waals surface area contributed by atoms with Gasteiger partial charge in [-0.1, -0.05) is 6.08 Å². The van der Waals surface area contributed by atoms with Gasteiger partial charge in [0.2, 0.25) is 0 Å². The van der Waals surface area contributed by atoms with Crippen molar-refractivity contribution in [3.8, 4) is 0 Å². The topological polar surface area (TPSA) is 26.3 Å². The first-order valence-electron chi connectivity index (χ1n) is 2.82. The molecule has 48 valence electrons. The average Bonchev–Trinajstić information content (AvgIpc) is 2.18. The van der Waals surface area contributed by atoms with E-state index in [0.717, 1.165) is 0 Å².